The number of anilines is 1. The fraction of sp³-hybridized carbons (Fsp3) is 0.581. The first kappa shape index (κ1) is 32.9. The van der Waals surface area contributed by atoms with Crippen molar-refractivity contribution in [3.63, 3.8) is 0 Å². The van der Waals surface area contributed by atoms with E-state index < -0.39 is 13.7 Å². The van der Waals surface area contributed by atoms with Crippen molar-refractivity contribution in [3.8, 4) is 11.3 Å². The number of amides is 1. The van der Waals surface area contributed by atoms with Crippen LogP contribution in [0.1, 0.15) is 39.3 Å². The van der Waals surface area contributed by atoms with Crippen molar-refractivity contribution >= 4 is 65.3 Å². The minimum absolute atomic E-state index is 0.0109. The number of benzene rings is 1. The van der Waals surface area contributed by atoms with E-state index in [-0.39, 0.29) is 31.5 Å². The Balaban J connectivity index is 1.41. The standard InChI is InChI=1S/C31H42Cl2N8O4Si/c1-31(2,3)45-30(43)39-14-18-8-9-19(15-39)41(18)28-22(16-42)34-26-25(20-10-11-21-23(24(20)32)27(33)38(4)36-21)37-40(29(26)35-28)17-44-12-13-46(5,6)7/h10-11,18-19,42H,8-9,12-17H2,1-7H3. The van der Waals surface area contributed by atoms with Gasteiger partial charge in [-0.15, -0.1) is 0 Å². The van der Waals surface area contributed by atoms with Gasteiger partial charge in [0.2, 0.25) is 0 Å². The average Bonchev–Trinajstić information content (AvgIpc) is 3.56. The number of carbonyl (C=O) groups is 1. The number of halogens is 2. The number of piperazine rings is 1. The molecule has 2 saturated heterocycles. The number of aliphatic hydroxyl groups excluding tert-OH is 1. The SMILES string of the molecule is Cn1nc2ccc(-c3nn(COCC[Si](C)(C)C)c4nc(N5C6CCC5CN(C(=O)OC(C)(C)C)C6)c(CO)nc34)c(Cl)c2c1Cl. The van der Waals surface area contributed by atoms with Crippen LogP contribution in [0.25, 0.3) is 33.3 Å². The third-order valence-corrected chi connectivity index (χ3v) is 11.0. The molecule has 2 atom stereocenters. The summed E-state index contributed by atoms with van der Waals surface area (Å²) in [6.45, 7) is 14.0. The Morgan fingerprint density at radius 1 is 1.09 bits per heavy atom. The summed E-state index contributed by atoms with van der Waals surface area (Å²) in [5.74, 6) is 0.595. The molecule has 2 aliphatic heterocycles. The first-order chi connectivity index (χ1) is 21.6. The number of likely N-dealkylation sites (tertiary alicyclic amines) is 1. The maximum absolute atomic E-state index is 12.9. The van der Waals surface area contributed by atoms with E-state index in [1.54, 1.807) is 21.3 Å². The summed E-state index contributed by atoms with van der Waals surface area (Å²) in [7, 11) is 0.460. The molecular weight excluding hydrogens is 647 g/mol. The Hall–Kier alpha value is -2.97. The van der Waals surface area contributed by atoms with Crippen LogP contribution in [-0.2, 0) is 29.9 Å². The summed E-state index contributed by atoms with van der Waals surface area (Å²) in [6.07, 6.45) is 1.47. The predicted molar refractivity (Wildman–Crippen MR) is 182 cm³/mol. The van der Waals surface area contributed by atoms with Crippen molar-refractivity contribution in [3.05, 3.63) is 28.0 Å². The van der Waals surface area contributed by atoms with E-state index >= 15 is 0 Å². The average molecular weight is 690 g/mol. The highest BCUT2D eigenvalue weighted by atomic mass is 35.5. The fourth-order valence-corrected chi connectivity index (χ4v) is 7.61. The van der Waals surface area contributed by atoms with Crippen LogP contribution in [0.5, 0.6) is 0 Å². The van der Waals surface area contributed by atoms with Crippen LogP contribution in [-0.4, -0.2) is 91.1 Å². The molecule has 1 aromatic carbocycles. The molecule has 12 nitrogen and oxygen atoms in total. The molecule has 0 radical (unpaired) electrons. The molecule has 6 rings (SSSR count). The molecule has 1 N–H and O–H groups in total. The second-order valence-electron chi connectivity index (χ2n) is 14.4. The number of hydrogen-bond acceptors (Lipinski definition) is 9. The van der Waals surface area contributed by atoms with Crippen LogP contribution in [0.3, 0.4) is 0 Å². The molecule has 248 valence electrons. The van der Waals surface area contributed by atoms with E-state index in [9.17, 15) is 9.90 Å². The van der Waals surface area contributed by atoms with Crippen molar-refractivity contribution in [2.75, 3.05) is 24.6 Å². The number of carbonyl (C=O) groups excluding carboxylic acids is 1. The highest BCUT2D eigenvalue weighted by Crippen LogP contribution is 2.41. The van der Waals surface area contributed by atoms with Gasteiger partial charge in [0.15, 0.2) is 11.5 Å². The molecule has 15 heteroatoms. The van der Waals surface area contributed by atoms with Gasteiger partial charge in [-0.1, -0.05) is 42.8 Å². The van der Waals surface area contributed by atoms with Gasteiger partial charge < -0.3 is 24.4 Å². The number of aryl methyl sites for hydroxylation is 1. The summed E-state index contributed by atoms with van der Waals surface area (Å²) in [5, 5.41) is 21.5. The quantitative estimate of drug-likeness (QED) is 0.173. The second-order valence-corrected chi connectivity index (χ2v) is 20.8. The Morgan fingerprint density at radius 2 is 1.78 bits per heavy atom. The highest BCUT2D eigenvalue weighted by Gasteiger charge is 2.44. The van der Waals surface area contributed by atoms with Gasteiger partial charge in [0.05, 0.1) is 22.5 Å². The Labute approximate surface area is 279 Å². The molecule has 4 aromatic rings. The first-order valence-electron chi connectivity index (χ1n) is 15.7. The topological polar surface area (TPSA) is 124 Å². The van der Waals surface area contributed by atoms with E-state index in [2.05, 4.69) is 29.6 Å². The predicted octanol–water partition coefficient (Wildman–Crippen LogP) is 6.08. The number of aromatic nitrogens is 6. The van der Waals surface area contributed by atoms with E-state index in [0.717, 1.165) is 18.9 Å². The Bertz CT molecular complexity index is 1780. The number of nitrogens with zero attached hydrogens (tertiary/aromatic N) is 8. The van der Waals surface area contributed by atoms with Gasteiger partial charge in [0.25, 0.3) is 0 Å². The van der Waals surface area contributed by atoms with Gasteiger partial charge in [-0.25, -0.2) is 19.4 Å². The lowest BCUT2D eigenvalue weighted by atomic mass is 10.1. The molecule has 0 aliphatic carbocycles. The van der Waals surface area contributed by atoms with E-state index in [1.165, 1.54) is 0 Å². The molecule has 2 aliphatic rings. The van der Waals surface area contributed by atoms with Gasteiger partial charge in [-0.3, -0.25) is 4.68 Å². The van der Waals surface area contributed by atoms with Crippen LogP contribution in [0, 0.1) is 0 Å². The molecule has 3 aromatic heterocycles. The van der Waals surface area contributed by atoms with Crippen LogP contribution in [0.15, 0.2) is 12.1 Å². The molecule has 2 unspecified atom stereocenters. The van der Waals surface area contributed by atoms with Crippen LogP contribution < -0.4 is 4.90 Å². The zero-order valence-corrected chi connectivity index (χ0v) is 30.0. The monoisotopic (exact) mass is 688 g/mol. The van der Waals surface area contributed by atoms with Crippen molar-refractivity contribution in [1.29, 1.82) is 0 Å². The van der Waals surface area contributed by atoms with Gasteiger partial charge in [-0.05, 0) is 51.8 Å². The Kier molecular flexibility index (Phi) is 8.77. The van der Waals surface area contributed by atoms with Crippen LogP contribution in [0.4, 0.5) is 10.6 Å². The fourth-order valence-electron chi connectivity index (χ4n) is 6.24. The van der Waals surface area contributed by atoms with Gasteiger partial charge in [0.1, 0.15) is 34.4 Å². The number of hydrogen-bond donors (Lipinski definition) is 1. The minimum Gasteiger partial charge on any atom is -0.444 e. The van der Waals surface area contributed by atoms with Crippen molar-refractivity contribution in [1.82, 2.24) is 34.4 Å². The summed E-state index contributed by atoms with van der Waals surface area (Å²) < 4.78 is 15.1. The van der Waals surface area contributed by atoms with Crippen LogP contribution in [0.2, 0.25) is 35.9 Å². The number of ether oxygens (including phenoxy) is 2. The third kappa shape index (κ3) is 6.31. The van der Waals surface area contributed by atoms with Gasteiger partial charge in [-0.2, -0.15) is 10.2 Å². The van der Waals surface area contributed by atoms with Gasteiger partial charge >= 0.3 is 6.09 Å². The molecule has 2 bridgehead atoms. The van der Waals surface area contributed by atoms with Crippen molar-refractivity contribution < 1.29 is 19.4 Å². The van der Waals surface area contributed by atoms with Gasteiger partial charge in [0, 0.05) is 52.5 Å². The van der Waals surface area contributed by atoms with Crippen molar-refractivity contribution in [2.24, 2.45) is 7.05 Å². The third-order valence-electron chi connectivity index (χ3n) is 8.48. The lowest BCUT2D eigenvalue weighted by Gasteiger charge is -2.42. The zero-order chi connectivity index (χ0) is 33.1. The van der Waals surface area contributed by atoms with E-state index in [0.29, 0.717) is 74.7 Å². The summed E-state index contributed by atoms with van der Waals surface area (Å²) in [4.78, 5) is 27.1. The highest BCUT2D eigenvalue weighted by molar-refractivity contribution is 6.76. The summed E-state index contributed by atoms with van der Waals surface area (Å²) in [5.41, 5.74) is 2.71. The molecular formula is C31H42Cl2N8O4Si. The van der Waals surface area contributed by atoms with Crippen molar-refractivity contribution in [2.45, 2.75) is 90.3 Å². The number of rotatable bonds is 8. The maximum atomic E-state index is 12.9. The molecule has 1 amide bonds. The second kappa shape index (κ2) is 12.2. The van der Waals surface area contributed by atoms with E-state index in [4.69, 9.17) is 47.7 Å². The number of aliphatic hydroxyl groups is 1. The normalized spacial score (nSPS) is 18.7. The summed E-state index contributed by atoms with van der Waals surface area (Å²) in [6, 6.07) is 4.75. The molecule has 0 saturated carbocycles. The lowest BCUT2D eigenvalue weighted by Crippen LogP contribution is -2.56. The van der Waals surface area contributed by atoms with E-state index in [1.807, 2.05) is 32.9 Å². The zero-order valence-electron chi connectivity index (χ0n) is 27.5. The molecule has 46 heavy (non-hydrogen) atoms. The Morgan fingerprint density at radius 3 is 2.41 bits per heavy atom. The molecule has 5 heterocycles. The first-order valence-corrected chi connectivity index (χ1v) is 20.1. The smallest absolute Gasteiger partial charge is 0.410 e. The molecule has 2 fully saturated rings. The maximum Gasteiger partial charge on any atom is 0.410 e. The minimum atomic E-state index is -1.30. The summed E-state index contributed by atoms with van der Waals surface area (Å²) >= 11 is 13.5. The molecule has 0 spiro atoms. The van der Waals surface area contributed by atoms with Crippen LogP contribution >= 0.6 is 23.2 Å². The largest absolute Gasteiger partial charge is 0.444 e. The number of fused-ring (bicyclic) bond motifs is 4. The lowest BCUT2D eigenvalue weighted by molar-refractivity contribution is 0.0209.